The molecule has 1 aliphatic rings. The fraction of sp³-hybridized carbons (Fsp3) is 0.0476. The van der Waals surface area contributed by atoms with Gasteiger partial charge in [0, 0.05) is 54.5 Å². The van der Waals surface area contributed by atoms with E-state index in [2.05, 4.69) is 77.4 Å². The molecule has 0 bridgehead atoms. The molecule has 0 spiro atoms. The van der Waals surface area contributed by atoms with Gasteiger partial charge in [-0.3, -0.25) is 9.55 Å². The number of aromatic nitrogens is 3. The summed E-state index contributed by atoms with van der Waals surface area (Å²) in [4.78, 5) is 10.8. The van der Waals surface area contributed by atoms with Crippen LogP contribution in [0.3, 0.4) is 0 Å². The molecule has 0 unspecified atom stereocenters. The summed E-state index contributed by atoms with van der Waals surface area (Å²) in [6.45, 7) is 0. The zero-order chi connectivity index (χ0) is 31.1. The van der Waals surface area contributed by atoms with E-state index in [1.54, 1.807) is 6.07 Å². The minimum Gasteiger partial charge on any atom is -0.507 e. The molecule has 0 aliphatic heterocycles. The van der Waals surface area contributed by atoms with E-state index in [9.17, 15) is 5.11 Å². The third-order valence-electron chi connectivity index (χ3n) is 9.53. The van der Waals surface area contributed by atoms with Gasteiger partial charge >= 0.3 is 0 Å². The molecule has 0 fully saturated rings. The van der Waals surface area contributed by atoms with Crippen molar-refractivity contribution in [1.82, 2.24) is 14.5 Å². The van der Waals surface area contributed by atoms with Crippen LogP contribution in [0.1, 0.15) is 11.1 Å². The van der Waals surface area contributed by atoms with Crippen LogP contribution in [0.25, 0.3) is 83.3 Å². The Morgan fingerprint density at radius 3 is 2.31 bits per heavy atom. The Morgan fingerprint density at radius 2 is 1.44 bits per heavy atom. The molecule has 1 N–H and O–H groups in total. The second-order valence-corrected chi connectivity index (χ2v) is 12.1. The number of aryl methyl sites for hydroxylation is 2. The van der Waals surface area contributed by atoms with E-state index in [-0.39, 0.29) is 26.8 Å². The maximum absolute atomic E-state index is 11.5. The summed E-state index contributed by atoms with van der Waals surface area (Å²) >= 11 is 0. The van der Waals surface area contributed by atoms with Gasteiger partial charge in [0.15, 0.2) is 0 Å². The molecule has 10 rings (SSSR count). The minimum absolute atomic E-state index is 0. The number of hydrogen-bond acceptors (Lipinski definition) is 4. The number of phenolic OH excluding ortho intramolecular Hbond substituents is 1. The summed E-state index contributed by atoms with van der Waals surface area (Å²) in [5.74, 6) is 0.749. The van der Waals surface area contributed by atoms with Crippen molar-refractivity contribution in [3.8, 4) is 45.3 Å². The van der Waals surface area contributed by atoms with Gasteiger partial charge in [0.05, 0.1) is 22.3 Å². The SMILES string of the molecule is Oc1cc2oc3ccccc3c2cc1-c1nc2c(-c3nc4c(c5ccccc35)CCc3ccc[c-]c3-4)cccc2n1-c1ccccc1.[Pt]. The maximum Gasteiger partial charge on any atom is 0.149 e. The molecule has 0 saturated heterocycles. The zero-order valence-electron chi connectivity index (χ0n) is 25.6. The van der Waals surface area contributed by atoms with E-state index in [4.69, 9.17) is 14.4 Å². The molecule has 3 heterocycles. The number of benzene rings is 6. The van der Waals surface area contributed by atoms with E-state index in [1.807, 2.05) is 54.6 Å². The number of imidazole rings is 1. The van der Waals surface area contributed by atoms with Crippen LogP contribution in [-0.4, -0.2) is 19.6 Å². The maximum atomic E-state index is 11.5. The van der Waals surface area contributed by atoms with Gasteiger partial charge in [0.1, 0.15) is 22.7 Å². The zero-order valence-corrected chi connectivity index (χ0v) is 27.8. The summed E-state index contributed by atoms with van der Waals surface area (Å²) in [7, 11) is 0. The fourth-order valence-corrected chi connectivity index (χ4v) is 7.39. The molecular weight excluding hydrogens is 774 g/mol. The third-order valence-corrected chi connectivity index (χ3v) is 9.53. The molecule has 0 saturated carbocycles. The van der Waals surface area contributed by atoms with Crippen LogP contribution in [0.4, 0.5) is 0 Å². The standard InChI is InChI=1S/C42H26N3O2.Pt/c46-36-24-38-33(29-16-8-9-20-37(29)47-38)23-34(36)42-44-41-32(18-10-19-35(41)45(42)26-12-2-1-3-13-26)40-30-17-7-6-15-28(30)31-22-21-25-11-4-5-14-27(25)39(31)43-40;/h1-13,15-20,23-24,46H,21-22H2;/q-1;. The van der Waals surface area contributed by atoms with Crippen LogP contribution in [0, 0.1) is 6.07 Å². The van der Waals surface area contributed by atoms with Gasteiger partial charge in [0.25, 0.3) is 0 Å². The molecule has 3 aromatic heterocycles. The monoisotopic (exact) mass is 799 g/mol. The van der Waals surface area contributed by atoms with Gasteiger partial charge < -0.3 is 9.52 Å². The molecule has 6 heteroatoms. The molecule has 5 nitrogen and oxygen atoms in total. The molecule has 48 heavy (non-hydrogen) atoms. The smallest absolute Gasteiger partial charge is 0.149 e. The average Bonchev–Trinajstić information content (AvgIpc) is 3.69. The van der Waals surface area contributed by atoms with E-state index in [1.165, 1.54) is 16.5 Å². The summed E-state index contributed by atoms with van der Waals surface area (Å²) in [5.41, 5.74) is 11.2. The van der Waals surface area contributed by atoms with Crippen LogP contribution in [0.5, 0.6) is 5.75 Å². The molecule has 6 aromatic carbocycles. The molecular formula is C42H26N3O2Pt-. The summed E-state index contributed by atoms with van der Waals surface area (Å²) in [6.07, 6.45) is 1.92. The van der Waals surface area contributed by atoms with Crippen molar-refractivity contribution in [1.29, 1.82) is 0 Å². The van der Waals surface area contributed by atoms with Crippen LogP contribution < -0.4 is 0 Å². The molecule has 0 radical (unpaired) electrons. The third kappa shape index (κ3) is 4.21. The predicted molar refractivity (Wildman–Crippen MR) is 188 cm³/mol. The largest absolute Gasteiger partial charge is 0.507 e. The number of phenols is 1. The second-order valence-electron chi connectivity index (χ2n) is 12.1. The first kappa shape index (κ1) is 28.7. The Bertz CT molecular complexity index is 2710. The average molecular weight is 800 g/mol. The van der Waals surface area contributed by atoms with Crippen LogP contribution in [0.15, 0.2) is 132 Å². The van der Waals surface area contributed by atoms with Crippen LogP contribution in [-0.2, 0) is 33.9 Å². The van der Waals surface area contributed by atoms with Crippen LogP contribution in [0.2, 0.25) is 0 Å². The van der Waals surface area contributed by atoms with Crippen molar-refractivity contribution in [3.05, 3.63) is 145 Å². The Balaban J connectivity index is 0.00000314. The molecule has 232 valence electrons. The first-order valence-corrected chi connectivity index (χ1v) is 15.9. The Morgan fingerprint density at radius 1 is 0.646 bits per heavy atom. The Kier molecular flexibility index (Phi) is 6.60. The van der Waals surface area contributed by atoms with Crippen molar-refractivity contribution in [2.24, 2.45) is 0 Å². The van der Waals surface area contributed by atoms with E-state index in [0.29, 0.717) is 17.0 Å². The summed E-state index contributed by atoms with van der Waals surface area (Å²) in [5, 5.41) is 15.7. The van der Waals surface area contributed by atoms with Gasteiger partial charge in [-0.25, -0.2) is 4.98 Å². The molecule has 0 amide bonds. The number of fused-ring (bicyclic) bond motifs is 9. The number of pyridine rings is 1. The van der Waals surface area contributed by atoms with Crippen molar-refractivity contribution >= 4 is 43.7 Å². The van der Waals surface area contributed by atoms with Crippen molar-refractivity contribution < 1.29 is 30.6 Å². The van der Waals surface area contributed by atoms with Crippen molar-refractivity contribution in [2.75, 3.05) is 0 Å². The quantitative estimate of drug-likeness (QED) is 0.181. The Labute approximate surface area is 290 Å². The molecule has 0 atom stereocenters. The van der Waals surface area contributed by atoms with Gasteiger partial charge in [0.2, 0.25) is 0 Å². The van der Waals surface area contributed by atoms with Gasteiger partial charge in [-0.2, -0.15) is 0 Å². The topological polar surface area (TPSA) is 64.1 Å². The molecule has 9 aromatic rings. The number of hydrogen-bond donors (Lipinski definition) is 1. The predicted octanol–water partition coefficient (Wildman–Crippen LogP) is 10.1. The number of para-hydroxylation sites is 3. The Hall–Kier alpha value is -5.51. The van der Waals surface area contributed by atoms with E-state index >= 15 is 0 Å². The van der Waals surface area contributed by atoms with Crippen LogP contribution >= 0.6 is 0 Å². The number of aromatic hydroxyl groups is 1. The fourth-order valence-electron chi connectivity index (χ4n) is 7.39. The summed E-state index contributed by atoms with van der Waals surface area (Å²) < 4.78 is 8.22. The molecule has 1 aliphatic carbocycles. The number of rotatable bonds is 3. The minimum atomic E-state index is 0. The summed E-state index contributed by atoms with van der Waals surface area (Å²) in [6, 6.07) is 46.4. The van der Waals surface area contributed by atoms with Gasteiger partial charge in [-0.05, 0) is 47.8 Å². The number of furan rings is 1. The number of nitrogens with zero attached hydrogens (tertiary/aromatic N) is 3. The second kappa shape index (κ2) is 11.0. The first-order chi connectivity index (χ1) is 23.2. The van der Waals surface area contributed by atoms with E-state index < -0.39 is 0 Å². The normalized spacial score (nSPS) is 12.3. The van der Waals surface area contributed by atoms with Crippen molar-refractivity contribution in [2.45, 2.75) is 12.8 Å². The van der Waals surface area contributed by atoms with Crippen molar-refractivity contribution in [3.63, 3.8) is 0 Å². The first-order valence-electron chi connectivity index (χ1n) is 15.9. The van der Waals surface area contributed by atoms with E-state index in [0.717, 1.165) is 73.8 Å². The van der Waals surface area contributed by atoms with Gasteiger partial charge in [-0.1, -0.05) is 84.8 Å². The van der Waals surface area contributed by atoms with Gasteiger partial charge in [-0.15, -0.1) is 35.4 Å².